The molecule has 0 heterocycles. The molecule has 2 N–H and O–H groups in total. The molecule has 8 heavy (non-hydrogen) atoms. The summed E-state index contributed by atoms with van der Waals surface area (Å²) in [5.41, 5.74) is 0. The smallest absolute Gasteiger partial charge is 0.693 e. The zero-order chi connectivity index (χ0) is 5.54. The molecule has 0 unspecified atom stereocenters. The van der Waals surface area contributed by atoms with Crippen molar-refractivity contribution in [2.24, 2.45) is 0 Å². The molecule has 0 amide bonds. The first kappa shape index (κ1) is 10.9. The van der Waals surface area contributed by atoms with Gasteiger partial charge in [0.15, 0.2) is 0 Å². The van der Waals surface area contributed by atoms with Crippen LogP contribution in [0, 0.1) is 0 Å². The third-order valence-corrected chi connectivity index (χ3v) is 2.00. The molecule has 0 aromatic heterocycles. The predicted molar refractivity (Wildman–Crippen MR) is 41.0 cm³/mol. The maximum absolute atomic E-state index is 3.62. The molecule has 0 aliphatic carbocycles. The quantitative estimate of drug-likeness (QED) is 0.314. The van der Waals surface area contributed by atoms with Gasteiger partial charge in [-0.1, -0.05) is 0 Å². The summed E-state index contributed by atoms with van der Waals surface area (Å²) in [4.78, 5) is 0. The summed E-state index contributed by atoms with van der Waals surface area (Å²) in [6.07, 6.45) is 3.94. The molecular formula is C6H12AlN. The Hall–Kier alpha value is -0.0275. The Labute approximate surface area is 57.8 Å². The van der Waals surface area contributed by atoms with Crippen LogP contribution in [0.1, 0.15) is 0 Å². The molecule has 0 saturated carbocycles. The molecular weight excluding hydrogens is 113 g/mol. The van der Waals surface area contributed by atoms with E-state index in [0.29, 0.717) is 15.2 Å². The molecule has 0 aromatic carbocycles. The second kappa shape index (κ2) is 10.1. The van der Waals surface area contributed by atoms with Crippen molar-refractivity contribution in [2.45, 2.75) is 10.6 Å². The SMILES string of the molecule is C=C[CH2][Al+][CH2]C=C.[NH2-]. The topological polar surface area (TPSA) is 33.5 Å². The average Bonchev–Trinajstić information content (AvgIpc) is 1.69. The van der Waals surface area contributed by atoms with Crippen LogP contribution in [-0.2, 0) is 0 Å². The van der Waals surface area contributed by atoms with E-state index >= 15 is 0 Å². The summed E-state index contributed by atoms with van der Waals surface area (Å²) in [6.45, 7) is 7.24. The normalized spacial score (nSPS) is 6.00. The van der Waals surface area contributed by atoms with Gasteiger partial charge in [0.2, 0.25) is 0 Å². The van der Waals surface area contributed by atoms with E-state index < -0.39 is 0 Å². The molecule has 0 saturated heterocycles. The average molecular weight is 125 g/mol. The minimum Gasteiger partial charge on any atom is -0.693 e. The van der Waals surface area contributed by atoms with Crippen molar-refractivity contribution in [3.05, 3.63) is 31.5 Å². The van der Waals surface area contributed by atoms with E-state index in [1.807, 2.05) is 12.2 Å². The predicted octanol–water partition coefficient (Wildman–Crippen LogP) is 2.62. The van der Waals surface area contributed by atoms with Gasteiger partial charge in [0.1, 0.15) is 0 Å². The van der Waals surface area contributed by atoms with E-state index in [9.17, 15) is 0 Å². The van der Waals surface area contributed by atoms with Gasteiger partial charge in [-0.3, -0.25) is 0 Å². The van der Waals surface area contributed by atoms with E-state index in [0.717, 1.165) is 0 Å². The number of nitrogens with two attached hydrogens (primary N) is 1. The van der Waals surface area contributed by atoms with E-state index in [-0.39, 0.29) is 6.15 Å². The summed E-state index contributed by atoms with van der Waals surface area (Å²) in [5, 5.41) is 2.40. The zero-order valence-electron chi connectivity index (χ0n) is 5.14. The third-order valence-electron chi connectivity index (χ3n) is 0.667. The number of rotatable bonds is 4. The third kappa shape index (κ3) is 9.36. The fraction of sp³-hybridized carbons (Fsp3) is 0.333. The molecule has 0 aliphatic heterocycles. The molecule has 0 atom stereocenters. The van der Waals surface area contributed by atoms with Gasteiger partial charge in [-0.25, -0.2) is 0 Å². The van der Waals surface area contributed by atoms with Crippen molar-refractivity contribution < 1.29 is 0 Å². The van der Waals surface area contributed by atoms with E-state index in [4.69, 9.17) is 0 Å². The van der Waals surface area contributed by atoms with Crippen LogP contribution in [0.5, 0.6) is 0 Å². The molecule has 1 nitrogen and oxygen atoms in total. The largest absolute Gasteiger partial charge is 0.693 e. The molecule has 0 spiro atoms. The number of hydrogen-bond acceptors (Lipinski definition) is 0. The van der Waals surface area contributed by atoms with Crippen LogP contribution in [-0.4, -0.2) is 15.2 Å². The van der Waals surface area contributed by atoms with Crippen molar-refractivity contribution >= 4 is 15.2 Å². The number of allylic oxidation sites excluding steroid dienone is 2. The summed E-state index contributed by atoms with van der Waals surface area (Å²) < 4.78 is 0. The Kier molecular flexibility index (Phi) is 13.7. The van der Waals surface area contributed by atoms with Crippen LogP contribution in [0.4, 0.5) is 0 Å². The van der Waals surface area contributed by atoms with Gasteiger partial charge < -0.3 is 6.15 Å². The molecule has 2 heteroatoms. The monoisotopic (exact) mass is 125 g/mol. The van der Waals surface area contributed by atoms with Gasteiger partial charge in [0.05, 0.1) is 0 Å². The van der Waals surface area contributed by atoms with Crippen LogP contribution in [0.25, 0.3) is 6.15 Å². The second-order valence-electron chi connectivity index (χ2n) is 1.34. The fourth-order valence-corrected chi connectivity index (χ4v) is 0.996. The second-order valence-corrected chi connectivity index (χ2v) is 2.86. The Morgan fingerprint density at radius 3 is 1.75 bits per heavy atom. The van der Waals surface area contributed by atoms with E-state index in [2.05, 4.69) is 13.2 Å². The van der Waals surface area contributed by atoms with Gasteiger partial charge >= 0.3 is 51.1 Å². The van der Waals surface area contributed by atoms with Crippen LogP contribution < -0.4 is 0 Å². The van der Waals surface area contributed by atoms with Crippen molar-refractivity contribution in [1.29, 1.82) is 0 Å². The Morgan fingerprint density at radius 2 is 1.50 bits per heavy atom. The van der Waals surface area contributed by atoms with Gasteiger partial charge in [0.25, 0.3) is 0 Å². The zero-order valence-corrected chi connectivity index (χ0v) is 6.29. The van der Waals surface area contributed by atoms with Crippen molar-refractivity contribution in [3.63, 3.8) is 0 Å². The summed E-state index contributed by atoms with van der Waals surface area (Å²) in [6, 6.07) is 0. The van der Waals surface area contributed by atoms with Crippen LogP contribution in [0.3, 0.4) is 0 Å². The maximum Gasteiger partial charge on any atom is -0.693 e. The first-order valence-electron chi connectivity index (χ1n) is 2.45. The number of hydrogen-bond donors (Lipinski definition) is 0. The van der Waals surface area contributed by atoms with Gasteiger partial charge in [-0.05, 0) is 0 Å². The summed E-state index contributed by atoms with van der Waals surface area (Å²) in [7, 11) is 0. The fourth-order valence-electron chi connectivity index (χ4n) is 0.332. The first-order valence-corrected chi connectivity index (χ1v) is 4.08. The van der Waals surface area contributed by atoms with Crippen LogP contribution >= 0.6 is 0 Å². The molecule has 0 radical (unpaired) electrons. The molecule has 44 valence electrons. The van der Waals surface area contributed by atoms with E-state index in [1.165, 1.54) is 10.6 Å². The van der Waals surface area contributed by atoms with Gasteiger partial charge in [-0.15, -0.1) is 0 Å². The van der Waals surface area contributed by atoms with Gasteiger partial charge in [-0.2, -0.15) is 0 Å². The van der Waals surface area contributed by atoms with Crippen molar-refractivity contribution in [2.75, 3.05) is 0 Å². The standard InChI is InChI=1S/2C3H5.Al.H2N/c2*1-3-2;;/h2*3H,1-2H2;;1H2/q;;+1;-1. The Morgan fingerprint density at radius 1 is 1.12 bits per heavy atom. The summed E-state index contributed by atoms with van der Waals surface area (Å²) in [5.74, 6) is 0. The van der Waals surface area contributed by atoms with Gasteiger partial charge in [0, 0.05) is 0 Å². The van der Waals surface area contributed by atoms with Crippen LogP contribution in [0.15, 0.2) is 25.3 Å². The molecule has 0 fully saturated rings. The molecule has 0 aromatic rings. The van der Waals surface area contributed by atoms with E-state index in [1.54, 1.807) is 0 Å². The summed E-state index contributed by atoms with van der Waals surface area (Å²) >= 11 is 0.586. The van der Waals surface area contributed by atoms with Crippen LogP contribution in [0.2, 0.25) is 10.6 Å². The first-order chi connectivity index (χ1) is 3.41. The molecule has 0 aliphatic rings. The molecule has 0 rings (SSSR count). The Balaban J connectivity index is 0. The maximum atomic E-state index is 3.62. The Bertz CT molecular complexity index is 53.5. The van der Waals surface area contributed by atoms with Crippen molar-refractivity contribution in [3.8, 4) is 0 Å². The minimum atomic E-state index is 0. The van der Waals surface area contributed by atoms with Crippen molar-refractivity contribution in [1.82, 2.24) is 0 Å². The minimum absolute atomic E-state index is 0. The molecule has 0 bridgehead atoms.